The first kappa shape index (κ1) is 8.31. The summed E-state index contributed by atoms with van der Waals surface area (Å²) in [5.74, 6) is -0.735. The molecule has 58 valence electrons. The summed E-state index contributed by atoms with van der Waals surface area (Å²) in [6, 6.07) is 0. The van der Waals surface area contributed by atoms with Crippen molar-refractivity contribution in [1.82, 2.24) is 0 Å². The van der Waals surface area contributed by atoms with E-state index in [2.05, 4.69) is 0 Å². The number of hydrogen-bond acceptors (Lipinski definition) is 1. The van der Waals surface area contributed by atoms with Crippen molar-refractivity contribution in [2.45, 2.75) is 4.82 Å². The molecule has 0 amide bonds. The number of carboxylic acids is 1. The molecule has 0 radical (unpaired) electrons. The average molecular weight is 215 g/mol. The van der Waals surface area contributed by atoms with Gasteiger partial charge in [-0.1, -0.05) is 0 Å². The van der Waals surface area contributed by atoms with Crippen LogP contribution in [0.5, 0.6) is 0 Å². The molecule has 1 aliphatic rings. The van der Waals surface area contributed by atoms with Gasteiger partial charge in [0.25, 0.3) is 0 Å². The van der Waals surface area contributed by atoms with E-state index >= 15 is 0 Å². The van der Waals surface area contributed by atoms with Crippen LogP contribution in [0.2, 0.25) is 4.82 Å². The number of aliphatic carboxylic acids is 1. The molecule has 0 spiro atoms. The summed E-state index contributed by atoms with van der Waals surface area (Å²) in [7, 11) is 0. The number of carboxylic acid groups (broad SMARTS) is 1. The Morgan fingerprint density at radius 2 is 2.00 bits per heavy atom. The van der Waals surface area contributed by atoms with Crippen LogP contribution in [0.1, 0.15) is 0 Å². The van der Waals surface area contributed by atoms with Gasteiger partial charge in [0.1, 0.15) is 0 Å². The monoisotopic (exact) mass is 216 g/mol. The first-order valence-corrected chi connectivity index (χ1v) is 5.17. The summed E-state index contributed by atoms with van der Waals surface area (Å²) in [6.07, 6.45) is 9.13. The van der Waals surface area contributed by atoms with Crippen LogP contribution in [0.3, 0.4) is 0 Å². The molecule has 0 fully saturated rings. The van der Waals surface area contributed by atoms with Crippen molar-refractivity contribution in [2.24, 2.45) is 0 Å². The Hall–Kier alpha value is -0.791. The van der Waals surface area contributed by atoms with E-state index in [4.69, 9.17) is 5.11 Å². The van der Waals surface area contributed by atoms with Gasteiger partial charge in [-0.15, -0.1) is 0 Å². The Balaban J connectivity index is 2.68. The molecule has 3 heteroatoms. The van der Waals surface area contributed by atoms with Gasteiger partial charge < -0.3 is 0 Å². The van der Waals surface area contributed by atoms with Crippen LogP contribution in [0.4, 0.5) is 0 Å². The second-order valence-corrected chi connectivity index (χ2v) is 4.20. The van der Waals surface area contributed by atoms with Crippen molar-refractivity contribution in [1.29, 1.82) is 0 Å². The molecule has 0 aromatic carbocycles. The summed E-state index contributed by atoms with van der Waals surface area (Å²) >= 11 is 0.0487. The third kappa shape index (κ3) is 2.74. The quantitative estimate of drug-likeness (QED) is 0.667. The minimum atomic E-state index is -0.735. The molecule has 1 atom stereocenters. The second-order valence-electron chi connectivity index (χ2n) is 1.99. The third-order valence-electron chi connectivity index (χ3n) is 1.17. The van der Waals surface area contributed by atoms with Gasteiger partial charge in [0.15, 0.2) is 0 Å². The molecule has 11 heavy (non-hydrogen) atoms. The van der Waals surface area contributed by atoms with E-state index in [1.54, 1.807) is 12.2 Å². The standard InChI is InChI=1S/C8H8O2Se/c9-8(10)7-5-3-1-2-4-6-11-7/h1-7H,(H,9,10). The van der Waals surface area contributed by atoms with Gasteiger partial charge in [0, 0.05) is 0 Å². The first-order valence-electron chi connectivity index (χ1n) is 3.19. The molecule has 0 aromatic heterocycles. The van der Waals surface area contributed by atoms with Crippen LogP contribution in [-0.4, -0.2) is 26.0 Å². The van der Waals surface area contributed by atoms with Gasteiger partial charge >= 0.3 is 71.0 Å². The zero-order valence-corrected chi connectivity index (χ0v) is 7.52. The van der Waals surface area contributed by atoms with Crippen molar-refractivity contribution < 1.29 is 9.90 Å². The Morgan fingerprint density at radius 3 is 2.73 bits per heavy atom. The average Bonchev–Trinajstić information content (AvgIpc) is 1.84. The number of rotatable bonds is 1. The number of allylic oxidation sites excluding steroid dienone is 4. The Kier molecular flexibility index (Phi) is 3.14. The topological polar surface area (TPSA) is 37.3 Å². The molecular weight excluding hydrogens is 207 g/mol. The number of carbonyl (C=O) groups is 1. The maximum absolute atomic E-state index is 10.5. The Labute approximate surface area is 71.5 Å². The molecule has 1 N–H and O–H groups in total. The van der Waals surface area contributed by atoms with Crippen LogP contribution in [0.25, 0.3) is 0 Å². The van der Waals surface area contributed by atoms with Crippen molar-refractivity contribution >= 4 is 20.9 Å². The van der Waals surface area contributed by atoms with Gasteiger partial charge in [-0.25, -0.2) is 0 Å². The number of hydrogen-bond donors (Lipinski definition) is 1. The second kappa shape index (κ2) is 4.16. The molecule has 1 aliphatic heterocycles. The van der Waals surface area contributed by atoms with Gasteiger partial charge in [-0.3, -0.25) is 0 Å². The predicted molar refractivity (Wildman–Crippen MR) is 44.6 cm³/mol. The fourth-order valence-electron chi connectivity index (χ4n) is 0.655. The molecule has 1 heterocycles. The molecule has 0 aliphatic carbocycles. The minimum absolute atomic E-state index is 0.0487. The molecule has 1 rings (SSSR count). The fraction of sp³-hybridized carbons (Fsp3) is 0.125. The zero-order chi connectivity index (χ0) is 8.10. The predicted octanol–water partition coefficient (Wildman–Crippen LogP) is 1.20. The SMILES string of the molecule is O=C(O)C1C=CC=CC=C[Se]1. The summed E-state index contributed by atoms with van der Waals surface area (Å²) in [4.78, 5) is 12.1. The van der Waals surface area contributed by atoms with Gasteiger partial charge in [-0.05, 0) is 0 Å². The van der Waals surface area contributed by atoms with Crippen LogP contribution in [0, 0.1) is 0 Å². The van der Waals surface area contributed by atoms with Crippen LogP contribution < -0.4 is 0 Å². The van der Waals surface area contributed by atoms with Crippen molar-refractivity contribution in [3.63, 3.8) is 0 Å². The normalized spacial score (nSPS) is 22.7. The van der Waals surface area contributed by atoms with E-state index in [0.29, 0.717) is 0 Å². The first-order chi connectivity index (χ1) is 5.30. The molecule has 2 nitrogen and oxygen atoms in total. The molecule has 0 aromatic rings. The van der Waals surface area contributed by atoms with E-state index in [9.17, 15) is 4.79 Å². The Bertz CT molecular complexity index is 228. The van der Waals surface area contributed by atoms with E-state index in [1.807, 2.05) is 23.2 Å². The van der Waals surface area contributed by atoms with E-state index in [-0.39, 0.29) is 19.8 Å². The molecule has 0 bridgehead atoms. The summed E-state index contributed by atoms with van der Waals surface area (Å²) in [5, 5.41) is 8.66. The van der Waals surface area contributed by atoms with Gasteiger partial charge in [0.2, 0.25) is 0 Å². The molecule has 1 unspecified atom stereocenters. The van der Waals surface area contributed by atoms with Gasteiger partial charge in [-0.2, -0.15) is 0 Å². The fourth-order valence-corrected chi connectivity index (χ4v) is 2.02. The van der Waals surface area contributed by atoms with Crippen LogP contribution >= 0.6 is 0 Å². The molecule has 0 saturated carbocycles. The summed E-state index contributed by atoms with van der Waals surface area (Å²) in [5.41, 5.74) is 0. The van der Waals surface area contributed by atoms with Crippen LogP contribution in [0.15, 0.2) is 35.4 Å². The van der Waals surface area contributed by atoms with Crippen LogP contribution in [-0.2, 0) is 4.79 Å². The molecular formula is C8H8O2Se. The summed E-state index contributed by atoms with van der Waals surface area (Å²) in [6.45, 7) is 0. The third-order valence-corrected chi connectivity index (χ3v) is 3.19. The van der Waals surface area contributed by atoms with Crippen molar-refractivity contribution in [2.75, 3.05) is 0 Å². The van der Waals surface area contributed by atoms with Crippen molar-refractivity contribution in [3.8, 4) is 0 Å². The van der Waals surface area contributed by atoms with E-state index < -0.39 is 5.97 Å². The van der Waals surface area contributed by atoms with E-state index in [1.165, 1.54) is 0 Å². The summed E-state index contributed by atoms with van der Waals surface area (Å²) < 4.78 is 0. The molecule has 0 saturated heterocycles. The Morgan fingerprint density at radius 1 is 1.27 bits per heavy atom. The van der Waals surface area contributed by atoms with Gasteiger partial charge in [0.05, 0.1) is 0 Å². The van der Waals surface area contributed by atoms with E-state index in [0.717, 1.165) is 0 Å². The zero-order valence-electron chi connectivity index (χ0n) is 5.81. The van der Waals surface area contributed by atoms with Crippen molar-refractivity contribution in [3.05, 3.63) is 35.4 Å². The maximum atomic E-state index is 10.5.